The molecule has 0 bridgehead atoms. The van der Waals surface area contributed by atoms with E-state index in [0.717, 1.165) is 0 Å². The fraction of sp³-hybridized carbons (Fsp3) is 0.118. The number of carbonyl (C=O) groups is 3. The van der Waals surface area contributed by atoms with Crippen LogP contribution >= 0.6 is 0 Å². The Bertz CT molecular complexity index is 717. The van der Waals surface area contributed by atoms with Crippen molar-refractivity contribution in [3.05, 3.63) is 71.5 Å². The van der Waals surface area contributed by atoms with Crippen molar-refractivity contribution in [2.24, 2.45) is 0 Å². The molecule has 0 unspecified atom stereocenters. The maximum atomic E-state index is 12.7. The molecule has 2 aromatic carbocycles. The van der Waals surface area contributed by atoms with Gasteiger partial charge in [-0.3, -0.25) is 25.2 Å². The molecule has 0 saturated heterocycles. The molecule has 0 radical (unpaired) electrons. The van der Waals surface area contributed by atoms with Crippen LogP contribution in [0.15, 0.2) is 54.6 Å². The summed E-state index contributed by atoms with van der Waals surface area (Å²) in [4.78, 5) is 34.8. The number of halogens is 1. The lowest BCUT2D eigenvalue weighted by Gasteiger charge is -2.08. The quantitative estimate of drug-likeness (QED) is 0.641. The van der Waals surface area contributed by atoms with Crippen molar-refractivity contribution in [3.63, 3.8) is 0 Å². The minimum absolute atomic E-state index is 0.0794. The molecule has 6 nitrogen and oxygen atoms in total. The fourth-order valence-electron chi connectivity index (χ4n) is 1.79. The Morgan fingerprint density at radius 3 is 2.25 bits per heavy atom. The van der Waals surface area contributed by atoms with Crippen LogP contribution in [0.3, 0.4) is 0 Å². The molecule has 2 aromatic rings. The van der Waals surface area contributed by atoms with Gasteiger partial charge in [0.15, 0.2) is 6.61 Å². The fourth-order valence-corrected chi connectivity index (χ4v) is 1.79. The second-order valence-corrected chi connectivity index (χ2v) is 4.83. The van der Waals surface area contributed by atoms with E-state index in [1.165, 1.54) is 24.3 Å². The third-order valence-corrected chi connectivity index (χ3v) is 2.98. The number of amides is 2. The molecular formula is C17H15FN2O4. The summed E-state index contributed by atoms with van der Waals surface area (Å²) in [6.07, 6.45) is -0.0794. The first-order chi connectivity index (χ1) is 11.5. The summed E-state index contributed by atoms with van der Waals surface area (Å²) < 4.78 is 17.5. The highest BCUT2D eigenvalue weighted by Gasteiger charge is 2.10. The van der Waals surface area contributed by atoms with Crippen LogP contribution < -0.4 is 10.9 Å². The molecule has 7 heteroatoms. The smallest absolute Gasteiger partial charge is 0.310 e. The van der Waals surface area contributed by atoms with Gasteiger partial charge in [-0.25, -0.2) is 4.39 Å². The van der Waals surface area contributed by atoms with Crippen LogP contribution in [0.1, 0.15) is 15.9 Å². The third-order valence-electron chi connectivity index (χ3n) is 2.98. The normalized spacial score (nSPS) is 9.88. The minimum Gasteiger partial charge on any atom is -0.455 e. The van der Waals surface area contributed by atoms with Crippen LogP contribution in [0.4, 0.5) is 4.39 Å². The summed E-state index contributed by atoms with van der Waals surface area (Å²) in [6, 6.07) is 13.7. The molecule has 124 valence electrons. The van der Waals surface area contributed by atoms with Crippen molar-refractivity contribution in [1.82, 2.24) is 10.9 Å². The predicted molar refractivity (Wildman–Crippen MR) is 83.1 cm³/mol. The van der Waals surface area contributed by atoms with Crippen molar-refractivity contribution >= 4 is 17.8 Å². The van der Waals surface area contributed by atoms with Crippen LogP contribution in [-0.4, -0.2) is 24.4 Å². The van der Waals surface area contributed by atoms with Crippen molar-refractivity contribution in [1.29, 1.82) is 0 Å². The molecule has 2 amide bonds. The van der Waals surface area contributed by atoms with E-state index in [2.05, 4.69) is 10.9 Å². The number of benzene rings is 2. The van der Waals surface area contributed by atoms with E-state index in [4.69, 9.17) is 4.74 Å². The highest BCUT2D eigenvalue weighted by Crippen LogP contribution is 2.04. The molecular weight excluding hydrogens is 315 g/mol. The number of hydrazine groups is 1. The van der Waals surface area contributed by atoms with E-state index in [0.29, 0.717) is 11.1 Å². The monoisotopic (exact) mass is 330 g/mol. The van der Waals surface area contributed by atoms with Gasteiger partial charge in [0.1, 0.15) is 5.82 Å². The summed E-state index contributed by atoms with van der Waals surface area (Å²) in [7, 11) is 0. The van der Waals surface area contributed by atoms with Crippen LogP contribution in [0.5, 0.6) is 0 Å². The van der Waals surface area contributed by atoms with Gasteiger partial charge in [-0.1, -0.05) is 30.3 Å². The molecule has 0 aromatic heterocycles. The Labute approximate surface area is 137 Å². The minimum atomic E-state index is -0.674. The number of ether oxygens (including phenoxy) is 1. The first-order valence-corrected chi connectivity index (χ1v) is 7.09. The number of hydrogen-bond acceptors (Lipinski definition) is 4. The van der Waals surface area contributed by atoms with E-state index in [1.54, 1.807) is 30.3 Å². The van der Waals surface area contributed by atoms with Gasteiger partial charge in [0.25, 0.3) is 11.8 Å². The second-order valence-electron chi connectivity index (χ2n) is 4.83. The summed E-state index contributed by atoms with van der Waals surface area (Å²) in [5.41, 5.74) is 5.30. The Morgan fingerprint density at radius 1 is 0.917 bits per heavy atom. The Hall–Kier alpha value is -3.22. The van der Waals surface area contributed by atoms with Crippen LogP contribution in [0, 0.1) is 5.82 Å². The highest BCUT2D eigenvalue weighted by molar-refractivity contribution is 5.95. The maximum absolute atomic E-state index is 12.7. The average Bonchev–Trinajstić information content (AvgIpc) is 2.60. The lowest BCUT2D eigenvalue weighted by molar-refractivity contribution is -0.148. The lowest BCUT2D eigenvalue weighted by atomic mass is 10.1. The number of hydrogen-bond donors (Lipinski definition) is 2. The SMILES string of the molecule is O=C(COC(=O)Cc1ccc(F)cc1)NNC(=O)c1ccccc1. The molecule has 0 atom stereocenters. The number of esters is 1. The standard InChI is InChI=1S/C17H15FN2O4/c18-14-8-6-12(7-9-14)10-16(22)24-11-15(21)19-20-17(23)13-4-2-1-3-5-13/h1-9H,10-11H2,(H,19,21)(H,20,23). The third kappa shape index (κ3) is 5.53. The summed E-state index contributed by atoms with van der Waals surface area (Å²) in [6.45, 7) is -0.533. The zero-order valence-corrected chi connectivity index (χ0v) is 12.6. The molecule has 0 saturated carbocycles. The van der Waals surface area contributed by atoms with Gasteiger partial charge >= 0.3 is 5.97 Å². The summed E-state index contributed by atoms with van der Waals surface area (Å²) in [5.74, 6) is -2.19. The van der Waals surface area contributed by atoms with E-state index < -0.39 is 30.2 Å². The van der Waals surface area contributed by atoms with Crippen molar-refractivity contribution in [2.75, 3.05) is 6.61 Å². The van der Waals surface area contributed by atoms with E-state index in [9.17, 15) is 18.8 Å². The largest absolute Gasteiger partial charge is 0.455 e. The van der Waals surface area contributed by atoms with Gasteiger partial charge in [0.2, 0.25) is 0 Å². The van der Waals surface area contributed by atoms with E-state index >= 15 is 0 Å². The predicted octanol–water partition coefficient (Wildman–Crippen LogP) is 1.37. The lowest BCUT2D eigenvalue weighted by Crippen LogP contribution is -2.43. The molecule has 0 fully saturated rings. The Kier molecular flexibility index (Phi) is 6.01. The van der Waals surface area contributed by atoms with Gasteiger partial charge < -0.3 is 4.74 Å². The molecule has 2 N–H and O–H groups in total. The van der Waals surface area contributed by atoms with Gasteiger partial charge in [0, 0.05) is 5.56 Å². The van der Waals surface area contributed by atoms with Crippen LogP contribution in [0.25, 0.3) is 0 Å². The van der Waals surface area contributed by atoms with Crippen molar-refractivity contribution in [3.8, 4) is 0 Å². The van der Waals surface area contributed by atoms with Gasteiger partial charge in [-0.15, -0.1) is 0 Å². The molecule has 0 aliphatic heterocycles. The van der Waals surface area contributed by atoms with Gasteiger partial charge in [0.05, 0.1) is 6.42 Å². The molecule has 24 heavy (non-hydrogen) atoms. The van der Waals surface area contributed by atoms with Gasteiger partial charge in [-0.2, -0.15) is 0 Å². The Morgan fingerprint density at radius 2 is 1.58 bits per heavy atom. The first kappa shape index (κ1) is 17.1. The van der Waals surface area contributed by atoms with Crippen LogP contribution in [0.2, 0.25) is 0 Å². The topological polar surface area (TPSA) is 84.5 Å². The van der Waals surface area contributed by atoms with E-state index in [-0.39, 0.29) is 6.42 Å². The number of nitrogens with one attached hydrogen (secondary N) is 2. The van der Waals surface area contributed by atoms with Gasteiger partial charge in [-0.05, 0) is 29.8 Å². The van der Waals surface area contributed by atoms with E-state index in [1.807, 2.05) is 0 Å². The van der Waals surface area contributed by atoms with Crippen molar-refractivity contribution in [2.45, 2.75) is 6.42 Å². The summed E-state index contributed by atoms with van der Waals surface area (Å²) in [5, 5.41) is 0. The molecule has 0 spiro atoms. The molecule has 0 heterocycles. The maximum Gasteiger partial charge on any atom is 0.310 e. The molecule has 0 aliphatic rings. The number of carbonyl (C=O) groups excluding carboxylic acids is 3. The zero-order valence-electron chi connectivity index (χ0n) is 12.6. The number of rotatable bonds is 5. The molecule has 0 aliphatic carbocycles. The summed E-state index contributed by atoms with van der Waals surface area (Å²) >= 11 is 0. The first-order valence-electron chi connectivity index (χ1n) is 7.09. The Balaban J connectivity index is 1.70. The zero-order chi connectivity index (χ0) is 17.4. The second kappa shape index (κ2) is 8.42. The highest BCUT2D eigenvalue weighted by atomic mass is 19.1. The van der Waals surface area contributed by atoms with Crippen LogP contribution in [-0.2, 0) is 20.7 Å². The average molecular weight is 330 g/mol. The van der Waals surface area contributed by atoms with Crippen molar-refractivity contribution < 1.29 is 23.5 Å². The molecule has 2 rings (SSSR count).